The molecule has 1 aliphatic heterocycles. The van der Waals surface area contributed by atoms with E-state index in [9.17, 15) is 14.4 Å². The Morgan fingerprint density at radius 1 is 1.06 bits per heavy atom. The molecule has 0 saturated heterocycles. The van der Waals surface area contributed by atoms with Gasteiger partial charge in [-0.15, -0.1) is 0 Å². The first kappa shape index (κ1) is 24.4. The minimum absolute atomic E-state index is 0.0818. The number of aryl methyl sites for hydroxylation is 1. The third-order valence-corrected chi connectivity index (χ3v) is 6.72. The Kier molecular flexibility index (Phi) is 8.85. The van der Waals surface area contributed by atoms with Gasteiger partial charge >= 0.3 is 0 Å². The molecular formula is C26H39N3O3. The molecule has 0 unspecified atom stereocenters. The summed E-state index contributed by atoms with van der Waals surface area (Å²) < 4.78 is 0. The molecule has 0 radical (unpaired) electrons. The molecule has 2 N–H and O–H groups in total. The number of rotatable bonds is 8. The minimum atomic E-state index is -0.485. The van der Waals surface area contributed by atoms with Gasteiger partial charge in [0.15, 0.2) is 5.78 Å². The van der Waals surface area contributed by atoms with Gasteiger partial charge in [0.2, 0.25) is 11.8 Å². The van der Waals surface area contributed by atoms with Gasteiger partial charge in [-0.3, -0.25) is 19.3 Å². The first-order valence-electron chi connectivity index (χ1n) is 12.2. The SMILES string of the molecule is CC(=O)N[C@H]1CCCC[C@H]1C(=O)N[C@@H](CC(C)C)C(=O)CN1CCCc2ccccc2C1. The van der Waals surface area contributed by atoms with E-state index < -0.39 is 6.04 Å². The molecule has 0 bridgehead atoms. The number of carbonyl (C=O) groups is 3. The summed E-state index contributed by atoms with van der Waals surface area (Å²) in [6.07, 6.45) is 6.26. The summed E-state index contributed by atoms with van der Waals surface area (Å²) in [5.74, 6) is -0.0836. The molecule has 176 valence electrons. The standard InChI is InChI=1S/C26H39N3O3/c1-18(2)15-24(28-26(32)22-12-6-7-13-23(22)27-19(3)30)25(31)17-29-14-8-11-20-9-4-5-10-21(20)16-29/h4-5,9-10,18,22-24H,6-8,11-17H2,1-3H3,(H,27,30)(H,28,32)/t22-,23+,24+/m1/s1. The Morgan fingerprint density at radius 2 is 1.78 bits per heavy atom. The Morgan fingerprint density at radius 3 is 2.50 bits per heavy atom. The normalized spacial score (nSPS) is 22.5. The first-order valence-corrected chi connectivity index (χ1v) is 12.2. The van der Waals surface area contributed by atoms with Crippen LogP contribution in [0, 0.1) is 11.8 Å². The van der Waals surface area contributed by atoms with Crippen molar-refractivity contribution in [2.24, 2.45) is 11.8 Å². The average Bonchev–Trinajstić information content (AvgIpc) is 2.94. The predicted molar refractivity (Wildman–Crippen MR) is 126 cm³/mol. The lowest BCUT2D eigenvalue weighted by molar-refractivity contribution is -0.133. The zero-order chi connectivity index (χ0) is 23.1. The third kappa shape index (κ3) is 6.89. The zero-order valence-corrected chi connectivity index (χ0v) is 19.9. The number of nitrogens with one attached hydrogen (secondary N) is 2. The molecular weight excluding hydrogens is 402 g/mol. The summed E-state index contributed by atoms with van der Waals surface area (Å²) in [6.45, 7) is 7.66. The maximum absolute atomic E-state index is 13.3. The van der Waals surface area contributed by atoms with Crippen LogP contribution < -0.4 is 10.6 Å². The number of nitrogens with zero attached hydrogens (tertiary/aromatic N) is 1. The Labute approximate surface area is 192 Å². The quantitative estimate of drug-likeness (QED) is 0.649. The summed E-state index contributed by atoms with van der Waals surface area (Å²) in [6, 6.07) is 7.84. The maximum atomic E-state index is 13.3. The van der Waals surface area contributed by atoms with Gasteiger partial charge in [-0.25, -0.2) is 0 Å². The number of amides is 2. The molecule has 32 heavy (non-hydrogen) atoms. The topological polar surface area (TPSA) is 78.5 Å². The van der Waals surface area contributed by atoms with Gasteiger partial charge in [0.25, 0.3) is 0 Å². The van der Waals surface area contributed by atoms with Gasteiger partial charge in [-0.05, 0) is 55.7 Å². The molecule has 1 heterocycles. The van der Waals surface area contributed by atoms with Crippen LogP contribution in [0.5, 0.6) is 0 Å². The molecule has 2 amide bonds. The predicted octanol–water partition coefficient (Wildman–Crippen LogP) is 3.23. The second-order valence-corrected chi connectivity index (χ2v) is 9.94. The third-order valence-electron chi connectivity index (χ3n) is 6.72. The molecule has 3 rings (SSSR count). The highest BCUT2D eigenvalue weighted by molar-refractivity contribution is 5.91. The number of Topliss-reactive ketones (excluding diaryl/α,β-unsaturated/α-hetero) is 1. The van der Waals surface area contributed by atoms with E-state index in [1.807, 2.05) is 0 Å². The molecule has 1 aromatic rings. The molecule has 0 spiro atoms. The van der Waals surface area contributed by atoms with Gasteiger partial charge < -0.3 is 10.6 Å². The number of carbonyl (C=O) groups excluding carboxylic acids is 3. The smallest absolute Gasteiger partial charge is 0.225 e. The lowest BCUT2D eigenvalue weighted by Crippen LogP contribution is -2.52. The molecule has 3 atom stereocenters. The highest BCUT2D eigenvalue weighted by Crippen LogP contribution is 2.25. The Bertz CT molecular complexity index is 807. The first-order chi connectivity index (χ1) is 15.3. The van der Waals surface area contributed by atoms with Crippen LogP contribution in [-0.4, -0.2) is 47.7 Å². The molecule has 0 aromatic heterocycles. The summed E-state index contributed by atoms with van der Waals surface area (Å²) in [5, 5.41) is 6.02. The van der Waals surface area contributed by atoms with Gasteiger partial charge in [-0.1, -0.05) is 51.0 Å². The van der Waals surface area contributed by atoms with E-state index in [0.29, 0.717) is 18.9 Å². The molecule has 2 aliphatic rings. The van der Waals surface area contributed by atoms with E-state index in [-0.39, 0.29) is 29.6 Å². The molecule has 1 saturated carbocycles. The lowest BCUT2D eigenvalue weighted by Gasteiger charge is -2.32. The van der Waals surface area contributed by atoms with Crippen LogP contribution in [0.1, 0.15) is 70.4 Å². The van der Waals surface area contributed by atoms with Crippen molar-refractivity contribution in [3.8, 4) is 0 Å². The number of benzene rings is 1. The fourth-order valence-corrected chi connectivity index (χ4v) is 5.13. The zero-order valence-electron chi connectivity index (χ0n) is 19.9. The lowest BCUT2D eigenvalue weighted by atomic mass is 9.83. The highest BCUT2D eigenvalue weighted by atomic mass is 16.2. The molecule has 1 aliphatic carbocycles. The van der Waals surface area contributed by atoms with E-state index in [0.717, 1.165) is 51.6 Å². The van der Waals surface area contributed by atoms with Crippen molar-refractivity contribution in [2.45, 2.75) is 84.3 Å². The fourth-order valence-electron chi connectivity index (χ4n) is 5.13. The summed E-state index contributed by atoms with van der Waals surface area (Å²) in [5.41, 5.74) is 2.67. The van der Waals surface area contributed by atoms with E-state index in [2.05, 4.69) is 53.6 Å². The summed E-state index contributed by atoms with van der Waals surface area (Å²) in [4.78, 5) is 40.3. The van der Waals surface area contributed by atoms with Crippen LogP contribution >= 0.6 is 0 Å². The summed E-state index contributed by atoms with van der Waals surface area (Å²) >= 11 is 0. The van der Waals surface area contributed by atoms with E-state index in [1.54, 1.807) is 0 Å². The Balaban J connectivity index is 1.65. The average molecular weight is 442 g/mol. The van der Waals surface area contributed by atoms with Crippen molar-refractivity contribution in [1.29, 1.82) is 0 Å². The van der Waals surface area contributed by atoms with Crippen molar-refractivity contribution >= 4 is 17.6 Å². The Hall–Kier alpha value is -2.21. The highest BCUT2D eigenvalue weighted by Gasteiger charge is 2.34. The van der Waals surface area contributed by atoms with Crippen LogP contribution in [0.3, 0.4) is 0 Å². The molecule has 6 heteroatoms. The molecule has 6 nitrogen and oxygen atoms in total. The van der Waals surface area contributed by atoms with Crippen molar-refractivity contribution in [3.63, 3.8) is 0 Å². The van der Waals surface area contributed by atoms with Crippen molar-refractivity contribution < 1.29 is 14.4 Å². The van der Waals surface area contributed by atoms with E-state index in [4.69, 9.17) is 0 Å². The maximum Gasteiger partial charge on any atom is 0.225 e. The number of fused-ring (bicyclic) bond motifs is 1. The number of hydrogen-bond acceptors (Lipinski definition) is 4. The molecule has 1 aromatic carbocycles. The van der Waals surface area contributed by atoms with E-state index in [1.165, 1.54) is 18.1 Å². The van der Waals surface area contributed by atoms with Crippen LogP contribution in [-0.2, 0) is 27.3 Å². The van der Waals surface area contributed by atoms with Crippen LogP contribution in [0.15, 0.2) is 24.3 Å². The minimum Gasteiger partial charge on any atom is -0.353 e. The van der Waals surface area contributed by atoms with Crippen molar-refractivity contribution in [2.75, 3.05) is 13.1 Å². The van der Waals surface area contributed by atoms with Gasteiger partial charge in [-0.2, -0.15) is 0 Å². The monoisotopic (exact) mass is 441 g/mol. The van der Waals surface area contributed by atoms with Gasteiger partial charge in [0.1, 0.15) is 0 Å². The summed E-state index contributed by atoms with van der Waals surface area (Å²) in [7, 11) is 0. The van der Waals surface area contributed by atoms with Crippen molar-refractivity contribution in [1.82, 2.24) is 15.5 Å². The molecule has 1 fully saturated rings. The van der Waals surface area contributed by atoms with Crippen LogP contribution in [0.25, 0.3) is 0 Å². The second kappa shape index (κ2) is 11.6. The van der Waals surface area contributed by atoms with Gasteiger partial charge in [0.05, 0.1) is 18.5 Å². The van der Waals surface area contributed by atoms with Crippen LogP contribution in [0.2, 0.25) is 0 Å². The van der Waals surface area contributed by atoms with Crippen LogP contribution in [0.4, 0.5) is 0 Å². The largest absolute Gasteiger partial charge is 0.353 e. The van der Waals surface area contributed by atoms with Crippen molar-refractivity contribution in [3.05, 3.63) is 35.4 Å². The van der Waals surface area contributed by atoms with E-state index >= 15 is 0 Å². The number of ketones is 1. The fraction of sp³-hybridized carbons (Fsp3) is 0.654. The van der Waals surface area contributed by atoms with Gasteiger partial charge in [0, 0.05) is 19.5 Å². The number of hydrogen-bond donors (Lipinski definition) is 2. The second-order valence-electron chi connectivity index (χ2n) is 9.94.